The SMILES string of the molecule is C=C(c1ccc(-c2cccc(F)c2F)cc1)c1c(N)nc[nH]c1=O. The molecule has 0 saturated carbocycles. The third kappa shape index (κ3) is 2.69. The number of halogens is 2. The van der Waals surface area contributed by atoms with E-state index in [4.69, 9.17) is 5.73 Å². The lowest BCUT2D eigenvalue weighted by Crippen LogP contribution is -2.15. The Kier molecular flexibility index (Phi) is 3.95. The Hall–Kier alpha value is -3.28. The summed E-state index contributed by atoms with van der Waals surface area (Å²) in [7, 11) is 0. The van der Waals surface area contributed by atoms with Gasteiger partial charge < -0.3 is 10.7 Å². The van der Waals surface area contributed by atoms with E-state index in [1.54, 1.807) is 24.3 Å². The van der Waals surface area contributed by atoms with Crippen LogP contribution in [0, 0.1) is 11.6 Å². The zero-order chi connectivity index (χ0) is 17.3. The molecule has 0 saturated heterocycles. The van der Waals surface area contributed by atoms with Crippen LogP contribution in [0.3, 0.4) is 0 Å². The van der Waals surface area contributed by atoms with Gasteiger partial charge in [0.15, 0.2) is 11.6 Å². The first-order valence-corrected chi connectivity index (χ1v) is 7.06. The van der Waals surface area contributed by atoms with Gasteiger partial charge in [0.1, 0.15) is 5.82 Å². The maximum absolute atomic E-state index is 13.9. The molecule has 0 radical (unpaired) electrons. The van der Waals surface area contributed by atoms with E-state index >= 15 is 0 Å². The van der Waals surface area contributed by atoms with Crippen LogP contribution in [0.2, 0.25) is 0 Å². The van der Waals surface area contributed by atoms with Crippen molar-refractivity contribution in [1.82, 2.24) is 9.97 Å². The Morgan fingerprint density at radius 3 is 2.50 bits per heavy atom. The molecule has 3 N–H and O–H groups in total. The number of nitrogen functional groups attached to an aromatic ring is 1. The number of aromatic nitrogens is 2. The molecule has 120 valence electrons. The molecule has 0 bridgehead atoms. The molecule has 3 aromatic rings. The highest BCUT2D eigenvalue weighted by atomic mass is 19.2. The molecule has 0 unspecified atom stereocenters. The van der Waals surface area contributed by atoms with Gasteiger partial charge in [-0.1, -0.05) is 43.0 Å². The fourth-order valence-corrected chi connectivity index (χ4v) is 2.43. The maximum atomic E-state index is 13.9. The minimum Gasteiger partial charge on any atom is -0.383 e. The second-order valence-corrected chi connectivity index (χ2v) is 5.15. The number of anilines is 1. The van der Waals surface area contributed by atoms with Gasteiger partial charge in [-0.3, -0.25) is 4.79 Å². The molecule has 0 fully saturated rings. The normalized spacial score (nSPS) is 10.6. The summed E-state index contributed by atoms with van der Waals surface area (Å²) in [5.41, 5.74) is 7.21. The van der Waals surface area contributed by atoms with E-state index in [2.05, 4.69) is 16.5 Å². The van der Waals surface area contributed by atoms with E-state index in [-0.39, 0.29) is 16.9 Å². The van der Waals surface area contributed by atoms with Crippen LogP contribution >= 0.6 is 0 Å². The van der Waals surface area contributed by atoms with Crippen LogP contribution in [-0.4, -0.2) is 9.97 Å². The molecule has 4 nitrogen and oxygen atoms in total. The van der Waals surface area contributed by atoms with Crippen molar-refractivity contribution in [1.29, 1.82) is 0 Å². The van der Waals surface area contributed by atoms with Crippen LogP contribution in [0.15, 0.2) is 60.2 Å². The van der Waals surface area contributed by atoms with Crippen LogP contribution < -0.4 is 11.3 Å². The number of hydrogen-bond donors (Lipinski definition) is 2. The summed E-state index contributed by atoms with van der Waals surface area (Å²) in [4.78, 5) is 18.2. The Labute approximate surface area is 136 Å². The quantitative estimate of drug-likeness (QED) is 0.775. The molecule has 6 heteroatoms. The topological polar surface area (TPSA) is 71.8 Å². The van der Waals surface area contributed by atoms with E-state index in [1.165, 1.54) is 18.5 Å². The number of rotatable bonds is 3. The second kappa shape index (κ2) is 6.08. The number of aromatic amines is 1. The fourth-order valence-electron chi connectivity index (χ4n) is 2.43. The average molecular weight is 325 g/mol. The van der Waals surface area contributed by atoms with Crippen LogP contribution in [0.25, 0.3) is 16.7 Å². The summed E-state index contributed by atoms with van der Waals surface area (Å²) in [6.45, 7) is 3.88. The van der Waals surface area contributed by atoms with Gasteiger partial charge in [-0.2, -0.15) is 0 Å². The van der Waals surface area contributed by atoms with Gasteiger partial charge in [-0.25, -0.2) is 13.8 Å². The molecule has 0 aliphatic heterocycles. The zero-order valence-electron chi connectivity index (χ0n) is 12.5. The van der Waals surface area contributed by atoms with Gasteiger partial charge in [0, 0.05) is 5.56 Å². The molecule has 3 rings (SSSR count). The first kappa shape index (κ1) is 15.6. The number of nitrogens with zero attached hydrogens (tertiary/aromatic N) is 1. The summed E-state index contributed by atoms with van der Waals surface area (Å²) < 4.78 is 27.2. The maximum Gasteiger partial charge on any atom is 0.260 e. The van der Waals surface area contributed by atoms with Crippen molar-refractivity contribution in [2.45, 2.75) is 0 Å². The van der Waals surface area contributed by atoms with Crippen LogP contribution in [0.5, 0.6) is 0 Å². The van der Waals surface area contributed by atoms with Gasteiger partial charge in [-0.15, -0.1) is 0 Å². The summed E-state index contributed by atoms with van der Waals surface area (Å²) in [6, 6.07) is 10.6. The number of hydrogen-bond acceptors (Lipinski definition) is 3. The van der Waals surface area contributed by atoms with Gasteiger partial charge in [-0.05, 0) is 22.8 Å². The summed E-state index contributed by atoms with van der Waals surface area (Å²) in [5.74, 6) is -1.74. The predicted molar refractivity (Wildman–Crippen MR) is 89.2 cm³/mol. The minimum absolute atomic E-state index is 0.0731. The van der Waals surface area contributed by atoms with E-state index in [0.717, 1.165) is 6.07 Å². The van der Waals surface area contributed by atoms with Gasteiger partial charge in [0.05, 0.1) is 11.9 Å². The van der Waals surface area contributed by atoms with Gasteiger partial charge in [0.25, 0.3) is 5.56 Å². The number of benzene rings is 2. The molecule has 1 aromatic heterocycles. The highest BCUT2D eigenvalue weighted by Gasteiger charge is 2.13. The average Bonchev–Trinajstić information content (AvgIpc) is 2.57. The van der Waals surface area contributed by atoms with Crippen LogP contribution in [-0.2, 0) is 0 Å². The van der Waals surface area contributed by atoms with Crippen LogP contribution in [0.1, 0.15) is 11.1 Å². The smallest absolute Gasteiger partial charge is 0.260 e. The molecular weight excluding hydrogens is 312 g/mol. The van der Waals surface area contributed by atoms with Crippen LogP contribution in [0.4, 0.5) is 14.6 Å². The third-order valence-electron chi connectivity index (χ3n) is 3.68. The lowest BCUT2D eigenvalue weighted by molar-refractivity contribution is 0.511. The van der Waals surface area contributed by atoms with Crippen molar-refractivity contribution in [2.24, 2.45) is 0 Å². The second-order valence-electron chi connectivity index (χ2n) is 5.15. The Balaban J connectivity index is 2.00. The fraction of sp³-hybridized carbons (Fsp3) is 0. The third-order valence-corrected chi connectivity index (χ3v) is 3.68. The molecule has 0 amide bonds. The van der Waals surface area contributed by atoms with Crippen molar-refractivity contribution in [3.63, 3.8) is 0 Å². The number of nitrogens with two attached hydrogens (primary N) is 1. The van der Waals surface area contributed by atoms with E-state index in [9.17, 15) is 13.6 Å². The van der Waals surface area contributed by atoms with Gasteiger partial charge in [0.2, 0.25) is 0 Å². The van der Waals surface area contributed by atoms with Crippen molar-refractivity contribution >= 4 is 11.4 Å². The zero-order valence-corrected chi connectivity index (χ0v) is 12.5. The standard InChI is InChI=1S/C18H13F2N3O/c1-10(15-17(21)22-9-23-18(15)24)11-5-7-12(8-6-11)13-3-2-4-14(19)16(13)20/h2-9H,1H2,(H3,21,22,23,24). The largest absolute Gasteiger partial charge is 0.383 e. The molecule has 24 heavy (non-hydrogen) atoms. The first-order valence-electron chi connectivity index (χ1n) is 7.06. The lowest BCUT2D eigenvalue weighted by Gasteiger charge is -2.09. The predicted octanol–water partition coefficient (Wildman–Crippen LogP) is 3.36. The van der Waals surface area contributed by atoms with Crippen molar-refractivity contribution in [2.75, 3.05) is 5.73 Å². The lowest BCUT2D eigenvalue weighted by atomic mass is 9.97. The molecule has 0 aliphatic carbocycles. The van der Waals surface area contributed by atoms with Crippen molar-refractivity contribution in [3.8, 4) is 11.1 Å². The molecule has 0 atom stereocenters. The van der Waals surface area contributed by atoms with E-state index in [0.29, 0.717) is 16.7 Å². The Bertz CT molecular complexity index is 978. The molecule has 1 heterocycles. The summed E-state index contributed by atoms with van der Waals surface area (Å²) >= 11 is 0. The number of H-pyrrole nitrogens is 1. The molecule has 0 spiro atoms. The minimum atomic E-state index is -0.907. The van der Waals surface area contributed by atoms with Gasteiger partial charge >= 0.3 is 0 Å². The molecular formula is C18H13F2N3O. The monoisotopic (exact) mass is 325 g/mol. The summed E-state index contributed by atoms with van der Waals surface area (Å²) in [5, 5.41) is 0. The van der Waals surface area contributed by atoms with Crippen molar-refractivity contribution in [3.05, 3.63) is 88.5 Å². The highest BCUT2D eigenvalue weighted by Crippen LogP contribution is 2.27. The number of nitrogens with one attached hydrogen (secondary N) is 1. The summed E-state index contributed by atoms with van der Waals surface area (Å²) in [6.07, 6.45) is 1.21. The highest BCUT2D eigenvalue weighted by molar-refractivity contribution is 5.83. The first-order chi connectivity index (χ1) is 11.5. The van der Waals surface area contributed by atoms with Crippen molar-refractivity contribution < 1.29 is 8.78 Å². The molecule has 0 aliphatic rings. The van der Waals surface area contributed by atoms with E-state index in [1.807, 2.05) is 0 Å². The Morgan fingerprint density at radius 2 is 1.83 bits per heavy atom. The van der Waals surface area contributed by atoms with E-state index < -0.39 is 17.2 Å². The Morgan fingerprint density at radius 1 is 1.12 bits per heavy atom. The molecule has 2 aromatic carbocycles.